The fraction of sp³-hybridized carbons (Fsp3) is 0.357. The van der Waals surface area contributed by atoms with Gasteiger partial charge in [-0.2, -0.15) is 0 Å². The topological polar surface area (TPSA) is 61.3 Å². The van der Waals surface area contributed by atoms with Crippen LogP contribution in [-0.4, -0.2) is 29.3 Å². The van der Waals surface area contributed by atoms with Gasteiger partial charge in [-0.25, -0.2) is 4.79 Å². The Morgan fingerprint density at radius 1 is 1.30 bits per heavy atom. The minimum absolute atomic E-state index is 0.362. The number of rotatable bonds is 6. The van der Waals surface area contributed by atoms with Crippen LogP contribution in [0.15, 0.2) is 24.3 Å². The molecule has 2 aromatic rings. The second-order valence-corrected chi connectivity index (χ2v) is 4.92. The lowest BCUT2D eigenvalue weighted by atomic mass is 10.1. The van der Waals surface area contributed by atoms with E-state index in [1.807, 2.05) is 31.2 Å². The number of carbonyl (C=O) groups excluding carboxylic acids is 1. The van der Waals surface area contributed by atoms with Gasteiger partial charge in [0.2, 0.25) is 0 Å². The number of hydrogen-bond donors (Lipinski definition) is 0. The van der Waals surface area contributed by atoms with Crippen LogP contribution in [0.2, 0.25) is 0 Å². The number of esters is 1. The molecule has 0 aliphatic carbocycles. The first-order valence-electron chi connectivity index (χ1n) is 6.40. The Hall–Kier alpha value is -1.95. The molecule has 0 radical (unpaired) electrons. The molecule has 0 aliphatic heterocycles. The number of carbonyl (C=O) groups is 1. The summed E-state index contributed by atoms with van der Waals surface area (Å²) in [5, 5.41) is 4.02. The van der Waals surface area contributed by atoms with Gasteiger partial charge in [-0.3, -0.25) is 0 Å². The lowest BCUT2D eigenvalue weighted by Crippen LogP contribution is -2.05. The molecule has 0 fully saturated rings. The zero-order valence-corrected chi connectivity index (χ0v) is 12.3. The molecule has 1 heterocycles. The molecule has 6 heteroatoms. The molecule has 0 saturated carbocycles. The van der Waals surface area contributed by atoms with Crippen molar-refractivity contribution in [2.75, 3.05) is 13.7 Å². The summed E-state index contributed by atoms with van der Waals surface area (Å²) in [5.41, 5.74) is 1.38. The highest BCUT2D eigenvalue weighted by molar-refractivity contribution is 7.08. The monoisotopic (exact) mass is 292 g/mol. The minimum atomic E-state index is -0.362. The molecule has 0 atom stereocenters. The third-order valence-electron chi connectivity index (χ3n) is 2.77. The second-order valence-electron chi connectivity index (χ2n) is 4.17. The van der Waals surface area contributed by atoms with E-state index in [9.17, 15) is 4.79 Å². The lowest BCUT2D eigenvalue weighted by molar-refractivity contribution is 0.0506. The van der Waals surface area contributed by atoms with E-state index in [0.29, 0.717) is 17.2 Å². The number of aromatic nitrogens is 2. The van der Waals surface area contributed by atoms with Crippen molar-refractivity contribution in [2.24, 2.45) is 0 Å². The van der Waals surface area contributed by atoms with E-state index in [-0.39, 0.29) is 5.97 Å². The predicted molar refractivity (Wildman–Crippen MR) is 77.1 cm³/mol. The predicted octanol–water partition coefficient (Wildman–Crippen LogP) is 3.17. The molecule has 0 unspecified atom stereocenters. The van der Waals surface area contributed by atoms with E-state index in [1.165, 1.54) is 0 Å². The maximum absolute atomic E-state index is 12.0. The average Bonchev–Trinajstić information content (AvgIpc) is 2.97. The number of nitrogens with zero attached hydrogens (tertiary/aromatic N) is 2. The number of benzene rings is 1. The number of ether oxygens (including phenoxy) is 2. The smallest absolute Gasteiger partial charge is 0.352 e. The molecule has 2 rings (SSSR count). The van der Waals surface area contributed by atoms with Gasteiger partial charge >= 0.3 is 5.97 Å². The Kier molecular flexibility index (Phi) is 5.06. The number of methoxy groups -OCH3 is 1. The Morgan fingerprint density at radius 3 is 2.70 bits per heavy atom. The molecule has 0 amide bonds. The number of hydrogen-bond acceptors (Lipinski definition) is 6. The molecule has 0 bridgehead atoms. The van der Waals surface area contributed by atoms with Crippen LogP contribution in [0.4, 0.5) is 0 Å². The van der Waals surface area contributed by atoms with Crippen LogP contribution < -0.4 is 4.74 Å². The molecule has 20 heavy (non-hydrogen) atoms. The van der Waals surface area contributed by atoms with Crippen molar-refractivity contribution >= 4 is 17.5 Å². The molecule has 0 N–H and O–H groups in total. The fourth-order valence-corrected chi connectivity index (χ4v) is 2.22. The first-order valence-corrected chi connectivity index (χ1v) is 7.17. The van der Waals surface area contributed by atoms with E-state index in [0.717, 1.165) is 35.7 Å². The Morgan fingerprint density at radius 2 is 2.05 bits per heavy atom. The van der Waals surface area contributed by atoms with Gasteiger partial charge in [0.1, 0.15) is 11.4 Å². The Labute approximate surface area is 121 Å². The summed E-state index contributed by atoms with van der Waals surface area (Å²) in [7, 11) is 1.61. The molecular weight excluding hydrogens is 276 g/mol. The molecule has 0 aliphatic rings. The largest absolute Gasteiger partial charge is 0.497 e. The zero-order chi connectivity index (χ0) is 14.4. The third kappa shape index (κ3) is 3.33. The summed E-state index contributed by atoms with van der Waals surface area (Å²) in [5.74, 6) is 0.392. The highest BCUT2D eigenvalue weighted by Gasteiger charge is 2.19. The Balaban J connectivity index is 2.16. The quantitative estimate of drug-likeness (QED) is 0.604. The highest BCUT2D eigenvalue weighted by Crippen LogP contribution is 2.26. The number of unbranched alkanes of at least 4 members (excludes halogenated alkanes) is 1. The van der Waals surface area contributed by atoms with Gasteiger partial charge in [0, 0.05) is 5.56 Å². The normalized spacial score (nSPS) is 10.3. The summed E-state index contributed by atoms with van der Waals surface area (Å²) >= 11 is 1.05. The van der Waals surface area contributed by atoms with Crippen LogP contribution in [-0.2, 0) is 4.74 Å². The van der Waals surface area contributed by atoms with Crippen LogP contribution in [0.1, 0.15) is 29.4 Å². The lowest BCUT2D eigenvalue weighted by Gasteiger charge is -2.04. The zero-order valence-electron chi connectivity index (χ0n) is 11.5. The van der Waals surface area contributed by atoms with E-state index in [1.54, 1.807) is 7.11 Å². The van der Waals surface area contributed by atoms with Gasteiger partial charge < -0.3 is 9.47 Å². The maximum Gasteiger partial charge on any atom is 0.352 e. The van der Waals surface area contributed by atoms with Crippen molar-refractivity contribution in [3.05, 3.63) is 29.1 Å². The van der Waals surface area contributed by atoms with Crippen LogP contribution >= 0.6 is 11.5 Å². The first kappa shape index (κ1) is 14.5. The average molecular weight is 292 g/mol. The molecule has 106 valence electrons. The van der Waals surface area contributed by atoms with Crippen LogP contribution in [0.3, 0.4) is 0 Å². The van der Waals surface area contributed by atoms with Gasteiger partial charge in [0.05, 0.1) is 13.7 Å². The van der Waals surface area contributed by atoms with Gasteiger partial charge in [0.25, 0.3) is 0 Å². The second kappa shape index (κ2) is 7.00. The van der Waals surface area contributed by atoms with Gasteiger partial charge in [-0.1, -0.05) is 17.8 Å². The molecule has 0 spiro atoms. The van der Waals surface area contributed by atoms with Gasteiger partial charge in [-0.15, -0.1) is 5.10 Å². The van der Waals surface area contributed by atoms with E-state index >= 15 is 0 Å². The summed E-state index contributed by atoms with van der Waals surface area (Å²) in [6.07, 6.45) is 1.84. The van der Waals surface area contributed by atoms with Gasteiger partial charge in [-0.05, 0) is 42.2 Å². The third-order valence-corrected chi connectivity index (χ3v) is 3.47. The van der Waals surface area contributed by atoms with E-state index < -0.39 is 0 Å². The Bertz CT molecular complexity index is 566. The van der Waals surface area contributed by atoms with E-state index in [2.05, 4.69) is 9.59 Å². The van der Waals surface area contributed by atoms with Crippen molar-refractivity contribution < 1.29 is 14.3 Å². The first-order chi connectivity index (χ1) is 9.76. The summed E-state index contributed by atoms with van der Waals surface area (Å²) in [4.78, 5) is 12.4. The molecule has 0 saturated heterocycles. The van der Waals surface area contributed by atoms with Crippen molar-refractivity contribution in [2.45, 2.75) is 19.8 Å². The fourth-order valence-electron chi connectivity index (χ4n) is 1.64. The van der Waals surface area contributed by atoms with Gasteiger partial charge in [0.15, 0.2) is 4.88 Å². The summed E-state index contributed by atoms with van der Waals surface area (Å²) < 4.78 is 14.2. The van der Waals surface area contributed by atoms with Crippen molar-refractivity contribution in [3.8, 4) is 17.0 Å². The van der Waals surface area contributed by atoms with E-state index in [4.69, 9.17) is 9.47 Å². The summed E-state index contributed by atoms with van der Waals surface area (Å²) in [6, 6.07) is 7.33. The summed E-state index contributed by atoms with van der Waals surface area (Å²) in [6.45, 7) is 2.47. The van der Waals surface area contributed by atoms with Crippen LogP contribution in [0, 0.1) is 0 Å². The van der Waals surface area contributed by atoms with Crippen molar-refractivity contribution in [1.29, 1.82) is 0 Å². The van der Waals surface area contributed by atoms with Crippen molar-refractivity contribution in [3.63, 3.8) is 0 Å². The molecular formula is C14H16N2O3S. The highest BCUT2D eigenvalue weighted by atomic mass is 32.1. The minimum Gasteiger partial charge on any atom is -0.497 e. The molecule has 1 aromatic heterocycles. The molecule has 5 nitrogen and oxygen atoms in total. The van der Waals surface area contributed by atoms with Crippen LogP contribution in [0.5, 0.6) is 5.75 Å². The molecule has 1 aromatic carbocycles. The standard InChI is InChI=1S/C14H16N2O3S/c1-3-4-9-19-14(17)13-12(15-16-20-13)10-5-7-11(18-2)8-6-10/h5-8H,3-4,9H2,1-2H3. The van der Waals surface area contributed by atoms with Crippen molar-refractivity contribution in [1.82, 2.24) is 9.59 Å². The SMILES string of the molecule is CCCCOC(=O)c1snnc1-c1ccc(OC)cc1. The van der Waals surface area contributed by atoms with Crippen LogP contribution in [0.25, 0.3) is 11.3 Å². The maximum atomic E-state index is 12.0.